The number of aryl methyl sites for hydroxylation is 1. The van der Waals surface area contributed by atoms with Crippen molar-refractivity contribution in [1.29, 1.82) is 0 Å². The third-order valence-corrected chi connectivity index (χ3v) is 4.22. The highest BCUT2D eigenvalue weighted by molar-refractivity contribution is 5.25. The quantitative estimate of drug-likeness (QED) is 0.823. The molecule has 1 heteroatoms. The molecule has 1 aliphatic carbocycles. The van der Waals surface area contributed by atoms with E-state index < -0.39 is 0 Å². The molecule has 17 heavy (non-hydrogen) atoms. The third-order valence-electron chi connectivity index (χ3n) is 4.22. The molecule has 1 aromatic carbocycles. The normalized spacial score (nSPS) is 26.1. The summed E-state index contributed by atoms with van der Waals surface area (Å²) in [5, 5.41) is 3.69. The number of hydrogen-bond donors (Lipinski definition) is 1. The molecule has 0 aliphatic heterocycles. The Morgan fingerprint density at radius 1 is 1.24 bits per heavy atom. The first kappa shape index (κ1) is 12.6. The van der Waals surface area contributed by atoms with Crippen molar-refractivity contribution in [2.45, 2.75) is 46.1 Å². The molecule has 0 radical (unpaired) electrons. The summed E-state index contributed by atoms with van der Waals surface area (Å²) < 4.78 is 0. The molecular weight excluding hydrogens is 206 g/mol. The highest BCUT2D eigenvalue weighted by Gasteiger charge is 2.31. The first-order valence-electron chi connectivity index (χ1n) is 7.02. The van der Waals surface area contributed by atoms with Gasteiger partial charge in [0.2, 0.25) is 0 Å². The summed E-state index contributed by atoms with van der Waals surface area (Å²) in [5.74, 6) is 1.68. The molecular formula is C16H25N. The van der Waals surface area contributed by atoms with Crippen LogP contribution in [0.25, 0.3) is 0 Å². The average Bonchev–Trinajstić information content (AvgIpc) is 2.74. The second-order valence-corrected chi connectivity index (χ2v) is 5.52. The topological polar surface area (TPSA) is 12.0 Å². The minimum Gasteiger partial charge on any atom is -0.310 e. The predicted octanol–water partition coefficient (Wildman–Crippen LogP) is 4.08. The van der Waals surface area contributed by atoms with Crippen molar-refractivity contribution < 1.29 is 0 Å². The molecule has 0 aromatic heterocycles. The summed E-state index contributed by atoms with van der Waals surface area (Å²) in [5.41, 5.74) is 2.82. The highest BCUT2D eigenvalue weighted by Crippen LogP contribution is 2.39. The van der Waals surface area contributed by atoms with Gasteiger partial charge in [-0.15, -0.1) is 0 Å². The van der Waals surface area contributed by atoms with Gasteiger partial charge in [0.1, 0.15) is 0 Å². The van der Waals surface area contributed by atoms with Gasteiger partial charge in [-0.1, -0.05) is 56.5 Å². The Labute approximate surface area is 106 Å². The standard InChI is InChI=1S/C16H25N/c1-4-17-16(15-7-5-6-13(15)3)14-10-8-12(2)9-11-14/h8-11,13,15-17H,4-7H2,1-3H3. The molecule has 0 heterocycles. The Morgan fingerprint density at radius 3 is 2.47 bits per heavy atom. The molecule has 2 rings (SSSR count). The molecule has 1 aromatic rings. The number of hydrogen-bond acceptors (Lipinski definition) is 1. The summed E-state index contributed by atoms with van der Waals surface area (Å²) in [6, 6.07) is 9.62. The molecule has 0 bridgehead atoms. The van der Waals surface area contributed by atoms with Crippen molar-refractivity contribution in [3.8, 4) is 0 Å². The molecule has 1 N–H and O–H groups in total. The molecule has 0 spiro atoms. The summed E-state index contributed by atoms with van der Waals surface area (Å²) >= 11 is 0. The van der Waals surface area contributed by atoms with Gasteiger partial charge in [-0.2, -0.15) is 0 Å². The van der Waals surface area contributed by atoms with Crippen LogP contribution in [0.3, 0.4) is 0 Å². The maximum Gasteiger partial charge on any atom is 0.0351 e. The Hall–Kier alpha value is -0.820. The predicted molar refractivity (Wildman–Crippen MR) is 74.1 cm³/mol. The van der Waals surface area contributed by atoms with Crippen molar-refractivity contribution in [3.63, 3.8) is 0 Å². The van der Waals surface area contributed by atoms with E-state index in [-0.39, 0.29) is 0 Å². The van der Waals surface area contributed by atoms with E-state index in [4.69, 9.17) is 0 Å². The first-order valence-corrected chi connectivity index (χ1v) is 7.02. The largest absolute Gasteiger partial charge is 0.310 e. The maximum atomic E-state index is 3.69. The average molecular weight is 231 g/mol. The van der Waals surface area contributed by atoms with E-state index in [9.17, 15) is 0 Å². The zero-order valence-electron chi connectivity index (χ0n) is 11.4. The lowest BCUT2D eigenvalue weighted by molar-refractivity contribution is 0.305. The third kappa shape index (κ3) is 2.90. The number of benzene rings is 1. The van der Waals surface area contributed by atoms with E-state index >= 15 is 0 Å². The van der Waals surface area contributed by atoms with Crippen molar-refractivity contribution in [2.75, 3.05) is 6.54 Å². The van der Waals surface area contributed by atoms with Crippen LogP contribution >= 0.6 is 0 Å². The van der Waals surface area contributed by atoms with E-state index in [2.05, 4.69) is 50.4 Å². The smallest absolute Gasteiger partial charge is 0.0351 e. The maximum absolute atomic E-state index is 3.69. The van der Waals surface area contributed by atoms with Crippen LogP contribution in [0.5, 0.6) is 0 Å². The summed E-state index contributed by atoms with van der Waals surface area (Å²) in [4.78, 5) is 0. The van der Waals surface area contributed by atoms with E-state index in [0.29, 0.717) is 6.04 Å². The van der Waals surface area contributed by atoms with E-state index in [1.165, 1.54) is 30.4 Å². The number of rotatable bonds is 4. The van der Waals surface area contributed by atoms with Gasteiger partial charge in [0.05, 0.1) is 0 Å². The summed E-state index contributed by atoms with van der Waals surface area (Å²) in [6.07, 6.45) is 4.19. The zero-order chi connectivity index (χ0) is 12.3. The van der Waals surface area contributed by atoms with Crippen LogP contribution in [-0.4, -0.2) is 6.54 Å². The summed E-state index contributed by atoms with van der Waals surface area (Å²) in [7, 11) is 0. The van der Waals surface area contributed by atoms with Crippen LogP contribution in [-0.2, 0) is 0 Å². The Morgan fingerprint density at radius 2 is 1.94 bits per heavy atom. The Kier molecular flexibility index (Phi) is 4.22. The molecule has 3 atom stereocenters. The molecule has 94 valence electrons. The zero-order valence-corrected chi connectivity index (χ0v) is 11.4. The van der Waals surface area contributed by atoms with Crippen LogP contribution in [0.15, 0.2) is 24.3 Å². The molecule has 0 amide bonds. The van der Waals surface area contributed by atoms with Crippen molar-refractivity contribution in [1.82, 2.24) is 5.32 Å². The Bertz CT molecular complexity index is 341. The van der Waals surface area contributed by atoms with E-state index in [0.717, 1.165) is 18.4 Å². The summed E-state index contributed by atoms with van der Waals surface area (Å²) in [6.45, 7) is 7.84. The lowest BCUT2D eigenvalue weighted by Crippen LogP contribution is -2.29. The van der Waals surface area contributed by atoms with Gasteiger partial charge < -0.3 is 5.32 Å². The van der Waals surface area contributed by atoms with Gasteiger partial charge >= 0.3 is 0 Å². The van der Waals surface area contributed by atoms with Crippen LogP contribution in [0, 0.1) is 18.8 Å². The van der Waals surface area contributed by atoms with Gasteiger partial charge in [-0.05, 0) is 37.3 Å². The molecule has 1 fully saturated rings. The minimum absolute atomic E-state index is 0.554. The first-order chi connectivity index (χ1) is 8.22. The Balaban J connectivity index is 2.18. The van der Waals surface area contributed by atoms with Gasteiger partial charge in [0, 0.05) is 6.04 Å². The van der Waals surface area contributed by atoms with Gasteiger partial charge in [-0.25, -0.2) is 0 Å². The molecule has 1 aliphatic rings. The van der Waals surface area contributed by atoms with E-state index in [1.54, 1.807) is 0 Å². The minimum atomic E-state index is 0.554. The van der Waals surface area contributed by atoms with Crippen molar-refractivity contribution >= 4 is 0 Å². The van der Waals surface area contributed by atoms with Crippen molar-refractivity contribution in [3.05, 3.63) is 35.4 Å². The highest BCUT2D eigenvalue weighted by atomic mass is 14.9. The van der Waals surface area contributed by atoms with Gasteiger partial charge in [0.15, 0.2) is 0 Å². The lowest BCUT2D eigenvalue weighted by Gasteiger charge is -2.28. The number of nitrogens with one attached hydrogen (secondary N) is 1. The molecule has 0 saturated heterocycles. The fourth-order valence-electron chi connectivity index (χ4n) is 3.18. The van der Waals surface area contributed by atoms with Crippen molar-refractivity contribution in [2.24, 2.45) is 11.8 Å². The van der Waals surface area contributed by atoms with Crippen LogP contribution < -0.4 is 5.32 Å². The SMILES string of the molecule is CCNC(c1ccc(C)cc1)C1CCCC1C. The lowest BCUT2D eigenvalue weighted by atomic mass is 9.85. The van der Waals surface area contributed by atoms with Gasteiger partial charge in [0.25, 0.3) is 0 Å². The second-order valence-electron chi connectivity index (χ2n) is 5.52. The van der Waals surface area contributed by atoms with Crippen LogP contribution in [0.4, 0.5) is 0 Å². The monoisotopic (exact) mass is 231 g/mol. The molecule has 3 unspecified atom stereocenters. The fraction of sp³-hybridized carbons (Fsp3) is 0.625. The van der Waals surface area contributed by atoms with Gasteiger partial charge in [-0.3, -0.25) is 0 Å². The molecule has 1 nitrogen and oxygen atoms in total. The van der Waals surface area contributed by atoms with Crippen LogP contribution in [0.1, 0.15) is 50.3 Å². The van der Waals surface area contributed by atoms with E-state index in [1.807, 2.05) is 0 Å². The second kappa shape index (κ2) is 5.68. The molecule has 1 saturated carbocycles. The fourth-order valence-corrected chi connectivity index (χ4v) is 3.18. The van der Waals surface area contributed by atoms with Crippen LogP contribution in [0.2, 0.25) is 0 Å².